The minimum Gasteiger partial charge on any atom is -0.331 e. The van der Waals surface area contributed by atoms with Gasteiger partial charge in [-0.25, -0.2) is 4.79 Å². The van der Waals surface area contributed by atoms with Crippen molar-refractivity contribution in [3.8, 4) is 0 Å². The van der Waals surface area contributed by atoms with Crippen molar-refractivity contribution in [2.45, 2.75) is 45.1 Å². The molecule has 0 bridgehead atoms. The third-order valence-corrected chi connectivity index (χ3v) is 5.82. The molecule has 0 spiro atoms. The van der Waals surface area contributed by atoms with Crippen LogP contribution in [0, 0.1) is 0 Å². The molecule has 1 aromatic heterocycles. The number of anilines is 1. The molecular weight excluding hydrogens is 390 g/mol. The second-order valence-electron chi connectivity index (χ2n) is 9.07. The summed E-state index contributed by atoms with van der Waals surface area (Å²) in [5, 5.41) is 13.8. The first-order valence-corrected chi connectivity index (χ1v) is 10.6. The van der Waals surface area contributed by atoms with Crippen LogP contribution >= 0.6 is 0 Å². The predicted octanol–water partition coefficient (Wildman–Crippen LogP) is 4.00. The van der Waals surface area contributed by atoms with Gasteiger partial charge < -0.3 is 16.0 Å². The zero-order valence-corrected chi connectivity index (χ0v) is 18.5. The Bertz CT molecular complexity index is 1140. The van der Waals surface area contributed by atoms with Gasteiger partial charge in [0.15, 0.2) is 0 Å². The number of aromatic nitrogens is 2. The lowest BCUT2D eigenvalue weighted by atomic mass is 9.85. The van der Waals surface area contributed by atoms with Crippen molar-refractivity contribution in [1.29, 1.82) is 0 Å². The normalized spacial score (nSPS) is 15.7. The van der Waals surface area contributed by atoms with E-state index in [1.54, 1.807) is 13.2 Å². The summed E-state index contributed by atoms with van der Waals surface area (Å²) in [6.07, 6.45) is 3.45. The second kappa shape index (κ2) is 8.15. The Hall–Kier alpha value is -3.19. The van der Waals surface area contributed by atoms with Crippen LogP contribution in [0.1, 0.15) is 54.7 Å². The topological polar surface area (TPSA) is 88.1 Å². The molecule has 0 aliphatic heterocycles. The molecule has 1 unspecified atom stereocenters. The average Bonchev–Trinajstić information content (AvgIpc) is 3.32. The van der Waals surface area contributed by atoms with E-state index in [2.05, 4.69) is 60.0 Å². The van der Waals surface area contributed by atoms with Crippen LogP contribution in [-0.4, -0.2) is 35.3 Å². The summed E-state index contributed by atoms with van der Waals surface area (Å²) >= 11 is 0. The van der Waals surface area contributed by atoms with E-state index in [0.717, 1.165) is 18.2 Å². The minimum absolute atomic E-state index is 0.0110. The Labute approximate surface area is 182 Å². The number of carbonyl (C=O) groups is 2. The molecule has 1 aliphatic rings. The molecular formula is C24H29N5O2. The van der Waals surface area contributed by atoms with Crippen molar-refractivity contribution in [1.82, 2.24) is 20.4 Å². The number of aryl methyl sites for hydroxylation is 1. The van der Waals surface area contributed by atoms with Gasteiger partial charge in [-0.1, -0.05) is 45.0 Å². The van der Waals surface area contributed by atoms with Gasteiger partial charge in [-0.05, 0) is 54.1 Å². The van der Waals surface area contributed by atoms with Gasteiger partial charge in [0, 0.05) is 5.39 Å². The van der Waals surface area contributed by atoms with Crippen LogP contribution in [0.25, 0.3) is 10.9 Å². The van der Waals surface area contributed by atoms with Gasteiger partial charge in [0.25, 0.3) is 5.91 Å². The summed E-state index contributed by atoms with van der Waals surface area (Å²) in [4.78, 5) is 25.0. The number of hydrogen-bond acceptors (Lipinski definition) is 4. The van der Waals surface area contributed by atoms with E-state index in [0.29, 0.717) is 11.2 Å². The van der Waals surface area contributed by atoms with Crippen molar-refractivity contribution in [3.05, 3.63) is 59.3 Å². The number of amides is 2. The van der Waals surface area contributed by atoms with E-state index < -0.39 is 0 Å². The number of likely N-dealkylation sites (N-methyl/N-ethyl adjacent to an activating group) is 1. The molecule has 0 saturated heterocycles. The van der Waals surface area contributed by atoms with E-state index in [1.807, 2.05) is 18.2 Å². The van der Waals surface area contributed by atoms with Gasteiger partial charge in [-0.15, -0.1) is 0 Å². The minimum atomic E-state index is -0.264. The molecule has 1 atom stereocenters. The molecule has 0 saturated carbocycles. The zero-order chi connectivity index (χ0) is 22.2. The van der Waals surface area contributed by atoms with E-state index in [-0.39, 0.29) is 29.9 Å². The molecule has 0 fully saturated rings. The monoisotopic (exact) mass is 419 g/mol. The number of benzene rings is 2. The van der Waals surface area contributed by atoms with Crippen LogP contribution in [0.4, 0.5) is 10.5 Å². The SMILES string of the molecule is CNCC(=O)n1ncc2c(NC(=O)NC3CCc4cc(C(C)(C)C)ccc43)cccc21. The summed E-state index contributed by atoms with van der Waals surface area (Å²) in [6.45, 7) is 6.82. The Morgan fingerprint density at radius 1 is 1.19 bits per heavy atom. The largest absolute Gasteiger partial charge is 0.331 e. The van der Waals surface area contributed by atoms with Crippen molar-refractivity contribution in [3.63, 3.8) is 0 Å². The molecule has 1 heterocycles. The molecule has 2 amide bonds. The number of urea groups is 1. The van der Waals surface area contributed by atoms with Crippen LogP contribution < -0.4 is 16.0 Å². The maximum absolute atomic E-state index is 12.8. The fourth-order valence-electron chi connectivity index (χ4n) is 4.14. The number of fused-ring (bicyclic) bond motifs is 2. The molecule has 162 valence electrons. The van der Waals surface area contributed by atoms with Crippen LogP contribution in [0.15, 0.2) is 42.6 Å². The molecule has 2 aromatic carbocycles. The first kappa shape index (κ1) is 21.1. The van der Waals surface area contributed by atoms with Crippen molar-refractivity contribution >= 4 is 28.5 Å². The molecule has 7 heteroatoms. The molecule has 31 heavy (non-hydrogen) atoms. The highest BCUT2D eigenvalue weighted by atomic mass is 16.2. The molecule has 4 rings (SSSR count). The number of nitrogens with one attached hydrogen (secondary N) is 3. The second-order valence-corrected chi connectivity index (χ2v) is 9.07. The number of rotatable bonds is 4. The highest BCUT2D eigenvalue weighted by molar-refractivity contribution is 6.03. The van der Waals surface area contributed by atoms with E-state index in [9.17, 15) is 9.59 Å². The Morgan fingerprint density at radius 3 is 2.74 bits per heavy atom. The number of hydrogen-bond donors (Lipinski definition) is 3. The summed E-state index contributed by atoms with van der Waals surface area (Å²) in [5.41, 5.74) is 5.21. The molecule has 3 aromatic rings. The Balaban J connectivity index is 1.50. The highest BCUT2D eigenvalue weighted by Crippen LogP contribution is 2.34. The van der Waals surface area contributed by atoms with Crippen LogP contribution in [-0.2, 0) is 11.8 Å². The maximum atomic E-state index is 12.8. The molecule has 1 aliphatic carbocycles. The van der Waals surface area contributed by atoms with E-state index >= 15 is 0 Å². The highest BCUT2D eigenvalue weighted by Gasteiger charge is 2.26. The Kier molecular flexibility index (Phi) is 5.54. The maximum Gasteiger partial charge on any atom is 0.319 e. The molecule has 7 nitrogen and oxygen atoms in total. The number of nitrogens with zero attached hydrogens (tertiary/aromatic N) is 2. The van der Waals surface area contributed by atoms with Gasteiger partial charge in [0.2, 0.25) is 0 Å². The lowest BCUT2D eigenvalue weighted by Gasteiger charge is -2.21. The van der Waals surface area contributed by atoms with Gasteiger partial charge >= 0.3 is 6.03 Å². The van der Waals surface area contributed by atoms with Gasteiger partial charge in [0.05, 0.1) is 30.0 Å². The zero-order valence-electron chi connectivity index (χ0n) is 18.5. The summed E-state index contributed by atoms with van der Waals surface area (Å²) in [5.74, 6) is -0.156. The quantitative estimate of drug-likeness (QED) is 0.596. The summed E-state index contributed by atoms with van der Waals surface area (Å²) < 4.78 is 1.36. The Morgan fingerprint density at radius 2 is 2.00 bits per heavy atom. The molecule has 0 radical (unpaired) electrons. The van der Waals surface area contributed by atoms with Gasteiger partial charge in [-0.2, -0.15) is 9.78 Å². The van der Waals surface area contributed by atoms with Crippen LogP contribution in [0.3, 0.4) is 0 Å². The summed E-state index contributed by atoms with van der Waals surface area (Å²) in [7, 11) is 1.71. The summed E-state index contributed by atoms with van der Waals surface area (Å²) in [6, 6.07) is 11.7. The fourth-order valence-corrected chi connectivity index (χ4v) is 4.14. The molecule has 3 N–H and O–H groups in total. The van der Waals surface area contributed by atoms with Crippen LogP contribution in [0.2, 0.25) is 0 Å². The van der Waals surface area contributed by atoms with Crippen molar-refractivity contribution in [2.24, 2.45) is 0 Å². The van der Waals surface area contributed by atoms with Crippen molar-refractivity contribution < 1.29 is 9.59 Å². The first-order valence-electron chi connectivity index (χ1n) is 10.6. The third kappa shape index (κ3) is 4.18. The third-order valence-electron chi connectivity index (χ3n) is 5.82. The average molecular weight is 420 g/mol. The van der Waals surface area contributed by atoms with Crippen molar-refractivity contribution in [2.75, 3.05) is 18.9 Å². The lowest BCUT2D eigenvalue weighted by Crippen LogP contribution is -2.31. The fraction of sp³-hybridized carbons (Fsp3) is 0.375. The predicted molar refractivity (Wildman–Crippen MR) is 123 cm³/mol. The number of carbonyl (C=O) groups excluding carboxylic acids is 2. The standard InChI is InChI=1S/C24H29N5O2/c1-24(2,3)16-9-10-17-15(12-16)8-11-20(17)28-23(31)27-19-6-5-7-21-18(19)13-26-29(21)22(30)14-25-4/h5-7,9-10,12-13,20,25H,8,11,14H2,1-4H3,(H2,27,28,31). The van der Waals surface area contributed by atoms with Gasteiger partial charge in [-0.3, -0.25) is 4.79 Å². The van der Waals surface area contributed by atoms with Gasteiger partial charge in [0.1, 0.15) is 0 Å². The van der Waals surface area contributed by atoms with E-state index in [4.69, 9.17) is 0 Å². The first-order chi connectivity index (χ1) is 14.8. The lowest BCUT2D eigenvalue weighted by molar-refractivity contribution is 0.0905. The van der Waals surface area contributed by atoms with Crippen LogP contribution in [0.5, 0.6) is 0 Å². The smallest absolute Gasteiger partial charge is 0.319 e. The van der Waals surface area contributed by atoms with E-state index in [1.165, 1.54) is 21.4 Å².